The van der Waals surface area contributed by atoms with E-state index in [-0.39, 0.29) is 18.7 Å². The van der Waals surface area contributed by atoms with Crippen LogP contribution < -0.4 is 0 Å². The van der Waals surface area contributed by atoms with Gasteiger partial charge in [-0.05, 0) is 12.8 Å². The van der Waals surface area contributed by atoms with Crippen LogP contribution in [0, 0.1) is 11.8 Å². The Hall–Kier alpha value is -1.23. The first-order valence-corrected chi connectivity index (χ1v) is 4.57. The molecule has 2 fully saturated rings. The van der Waals surface area contributed by atoms with Crippen LogP contribution in [0.2, 0.25) is 0 Å². The Morgan fingerprint density at radius 1 is 1.50 bits per heavy atom. The first kappa shape index (κ1) is 9.33. The van der Waals surface area contributed by atoms with E-state index >= 15 is 0 Å². The Balaban J connectivity index is 2.02. The van der Waals surface area contributed by atoms with Crippen molar-refractivity contribution in [2.24, 2.45) is 11.8 Å². The summed E-state index contributed by atoms with van der Waals surface area (Å²) in [4.78, 5) is 10.7. The average Bonchev–Trinajstić information content (AvgIpc) is 3.00. The van der Waals surface area contributed by atoms with Crippen LogP contribution in [0.25, 0.3) is 0 Å². The number of carbonyl (C=O) groups is 1. The standard InChI is InChI=1S/C9H12O5/c10-3-7-6(8(11)12)4-13-9(14-7)5-1-2-5/h3,5-6,9-10H,1-2,4H2,(H,11,12). The monoisotopic (exact) mass is 200 g/mol. The van der Waals surface area contributed by atoms with Crippen molar-refractivity contribution in [3.63, 3.8) is 0 Å². The molecule has 0 aromatic carbocycles. The lowest BCUT2D eigenvalue weighted by Crippen LogP contribution is -2.35. The Morgan fingerprint density at radius 2 is 2.21 bits per heavy atom. The summed E-state index contributed by atoms with van der Waals surface area (Å²) in [5.41, 5.74) is 0. The highest BCUT2D eigenvalue weighted by molar-refractivity contribution is 5.73. The minimum Gasteiger partial charge on any atom is -0.512 e. The number of aliphatic carboxylic acids is 1. The molecule has 1 aliphatic heterocycles. The molecule has 1 heterocycles. The Bertz CT molecular complexity index is 268. The SMILES string of the molecule is O=C(O)C1COC(C2CC2)OC1=CO. The van der Waals surface area contributed by atoms with Gasteiger partial charge in [-0.25, -0.2) is 0 Å². The van der Waals surface area contributed by atoms with Gasteiger partial charge >= 0.3 is 5.97 Å². The van der Waals surface area contributed by atoms with Gasteiger partial charge in [-0.2, -0.15) is 0 Å². The van der Waals surface area contributed by atoms with Gasteiger partial charge in [0.1, 0.15) is 12.2 Å². The van der Waals surface area contributed by atoms with Crippen molar-refractivity contribution < 1.29 is 24.5 Å². The maximum absolute atomic E-state index is 10.7. The van der Waals surface area contributed by atoms with E-state index in [1.165, 1.54) is 0 Å². The number of hydrogen-bond acceptors (Lipinski definition) is 4. The molecule has 0 amide bonds. The van der Waals surface area contributed by atoms with Crippen LogP contribution in [-0.2, 0) is 14.3 Å². The molecule has 1 saturated heterocycles. The lowest BCUT2D eigenvalue weighted by molar-refractivity contribution is -0.189. The van der Waals surface area contributed by atoms with E-state index in [1.807, 2.05) is 0 Å². The number of carboxylic acid groups (broad SMARTS) is 1. The van der Waals surface area contributed by atoms with Crippen LogP contribution in [0.1, 0.15) is 12.8 Å². The fraction of sp³-hybridized carbons (Fsp3) is 0.667. The van der Waals surface area contributed by atoms with E-state index in [0.29, 0.717) is 5.92 Å². The number of ether oxygens (including phenoxy) is 2. The summed E-state index contributed by atoms with van der Waals surface area (Å²) in [6.45, 7) is 0.0723. The number of aliphatic hydroxyl groups excluding tert-OH is 1. The van der Waals surface area contributed by atoms with Crippen LogP contribution in [0.15, 0.2) is 12.0 Å². The molecule has 5 nitrogen and oxygen atoms in total. The maximum atomic E-state index is 10.7. The minimum absolute atomic E-state index is 0.0723. The lowest BCUT2D eigenvalue weighted by atomic mass is 10.1. The molecule has 2 atom stereocenters. The fourth-order valence-electron chi connectivity index (χ4n) is 1.44. The molecule has 0 radical (unpaired) electrons. The number of rotatable bonds is 2. The lowest BCUT2D eigenvalue weighted by Gasteiger charge is -2.29. The number of aliphatic hydroxyl groups is 1. The molecule has 1 saturated carbocycles. The second-order valence-corrected chi connectivity index (χ2v) is 3.58. The van der Waals surface area contributed by atoms with E-state index in [9.17, 15) is 4.79 Å². The minimum atomic E-state index is -1.04. The van der Waals surface area contributed by atoms with Gasteiger partial charge in [-0.3, -0.25) is 4.79 Å². The summed E-state index contributed by atoms with van der Waals surface area (Å²) >= 11 is 0. The molecular weight excluding hydrogens is 188 g/mol. The molecule has 14 heavy (non-hydrogen) atoms. The molecule has 2 unspecified atom stereocenters. The van der Waals surface area contributed by atoms with Crippen LogP contribution in [-0.4, -0.2) is 29.1 Å². The molecule has 2 rings (SSSR count). The van der Waals surface area contributed by atoms with Crippen LogP contribution in [0.3, 0.4) is 0 Å². The van der Waals surface area contributed by atoms with Gasteiger partial charge in [0.25, 0.3) is 0 Å². The van der Waals surface area contributed by atoms with Crippen molar-refractivity contribution in [2.45, 2.75) is 19.1 Å². The molecule has 0 bridgehead atoms. The smallest absolute Gasteiger partial charge is 0.316 e. The van der Waals surface area contributed by atoms with Crippen LogP contribution >= 0.6 is 0 Å². The van der Waals surface area contributed by atoms with E-state index in [1.54, 1.807) is 0 Å². The first-order chi connectivity index (χ1) is 6.72. The van der Waals surface area contributed by atoms with E-state index in [2.05, 4.69) is 0 Å². The van der Waals surface area contributed by atoms with Crippen LogP contribution in [0.4, 0.5) is 0 Å². The summed E-state index contributed by atoms with van der Waals surface area (Å²) < 4.78 is 10.5. The maximum Gasteiger partial charge on any atom is 0.316 e. The highest BCUT2D eigenvalue weighted by Gasteiger charge is 2.40. The molecule has 0 aromatic heterocycles. The first-order valence-electron chi connectivity index (χ1n) is 4.57. The van der Waals surface area contributed by atoms with Crippen molar-refractivity contribution in [3.05, 3.63) is 12.0 Å². The molecule has 0 spiro atoms. The highest BCUT2D eigenvalue weighted by Crippen LogP contribution is 2.38. The van der Waals surface area contributed by atoms with Gasteiger partial charge in [0.05, 0.1) is 6.61 Å². The van der Waals surface area contributed by atoms with Crippen molar-refractivity contribution >= 4 is 5.97 Å². The third-order valence-electron chi connectivity index (χ3n) is 2.46. The van der Waals surface area contributed by atoms with Gasteiger partial charge in [-0.15, -0.1) is 0 Å². The zero-order valence-electron chi connectivity index (χ0n) is 7.55. The zero-order valence-corrected chi connectivity index (χ0v) is 7.55. The molecule has 5 heteroatoms. The average molecular weight is 200 g/mol. The second kappa shape index (κ2) is 3.49. The van der Waals surface area contributed by atoms with E-state index in [0.717, 1.165) is 19.1 Å². The summed E-state index contributed by atoms with van der Waals surface area (Å²) in [6, 6.07) is 0. The Morgan fingerprint density at radius 3 is 2.71 bits per heavy atom. The molecule has 2 aliphatic rings. The van der Waals surface area contributed by atoms with Crippen molar-refractivity contribution in [3.8, 4) is 0 Å². The van der Waals surface area contributed by atoms with Gasteiger partial charge in [0.15, 0.2) is 5.76 Å². The molecule has 0 aromatic rings. The van der Waals surface area contributed by atoms with Gasteiger partial charge in [-0.1, -0.05) is 0 Å². The van der Waals surface area contributed by atoms with E-state index in [4.69, 9.17) is 19.7 Å². The van der Waals surface area contributed by atoms with E-state index < -0.39 is 11.9 Å². The zero-order chi connectivity index (χ0) is 10.1. The van der Waals surface area contributed by atoms with Crippen LogP contribution in [0.5, 0.6) is 0 Å². The van der Waals surface area contributed by atoms with Gasteiger partial charge < -0.3 is 19.7 Å². The molecule has 1 aliphatic carbocycles. The topological polar surface area (TPSA) is 76.0 Å². The second-order valence-electron chi connectivity index (χ2n) is 3.58. The summed E-state index contributed by atoms with van der Waals surface area (Å²) in [5, 5.41) is 17.6. The molecular formula is C9H12O5. The highest BCUT2D eigenvalue weighted by atomic mass is 16.7. The predicted molar refractivity (Wildman–Crippen MR) is 45.4 cm³/mol. The van der Waals surface area contributed by atoms with Crippen molar-refractivity contribution in [1.29, 1.82) is 0 Å². The summed E-state index contributed by atoms with van der Waals surface area (Å²) in [5.74, 6) is -1.46. The predicted octanol–water partition coefficient (Wildman–Crippen LogP) is 0.869. The summed E-state index contributed by atoms with van der Waals surface area (Å²) in [6.07, 6.45) is 2.43. The molecule has 2 N–H and O–H groups in total. The van der Waals surface area contributed by atoms with Gasteiger partial charge in [0.2, 0.25) is 6.29 Å². The number of carboxylic acids is 1. The van der Waals surface area contributed by atoms with Crippen molar-refractivity contribution in [1.82, 2.24) is 0 Å². The largest absolute Gasteiger partial charge is 0.512 e. The molecule has 78 valence electrons. The summed E-state index contributed by atoms with van der Waals surface area (Å²) in [7, 11) is 0. The van der Waals surface area contributed by atoms with Crippen molar-refractivity contribution in [2.75, 3.05) is 6.61 Å². The fourth-order valence-corrected chi connectivity index (χ4v) is 1.44. The normalized spacial score (nSPS) is 35.3. The Kier molecular flexibility index (Phi) is 2.33. The quantitative estimate of drug-likeness (QED) is 0.647. The number of hydrogen-bond donors (Lipinski definition) is 2. The third-order valence-corrected chi connectivity index (χ3v) is 2.46. The van der Waals surface area contributed by atoms with Gasteiger partial charge in [0, 0.05) is 5.92 Å². The Labute approximate surface area is 80.9 Å². The third kappa shape index (κ3) is 1.68.